The third-order valence-corrected chi connectivity index (χ3v) is 6.41. The van der Waals surface area contributed by atoms with Crippen molar-refractivity contribution < 1.29 is 27.2 Å². The van der Waals surface area contributed by atoms with Gasteiger partial charge in [-0.05, 0) is 25.1 Å². The van der Waals surface area contributed by atoms with Crippen molar-refractivity contribution in [1.82, 2.24) is 23.6 Å². The molecule has 1 fully saturated rings. The molecule has 0 bridgehead atoms. The molecule has 0 N–H and O–H groups in total. The van der Waals surface area contributed by atoms with Gasteiger partial charge in [-0.25, -0.2) is 23.2 Å². The summed E-state index contributed by atoms with van der Waals surface area (Å²) in [6, 6.07) is 4.22. The fourth-order valence-corrected chi connectivity index (χ4v) is 4.46. The lowest BCUT2D eigenvalue weighted by atomic mass is 10.3. The van der Waals surface area contributed by atoms with Gasteiger partial charge in [-0.2, -0.15) is 4.31 Å². The Bertz CT molecular complexity index is 1160. The van der Waals surface area contributed by atoms with E-state index in [9.17, 15) is 18.0 Å². The summed E-state index contributed by atoms with van der Waals surface area (Å²) in [5.41, 5.74) is 0.245. The average molecular weight is 433 g/mol. The summed E-state index contributed by atoms with van der Waals surface area (Å²) in [4.78, 5) is 34.3. The van der Waals surface area contributed by atoms with Gasteiger partial charge in [-0.15, -0.1) is 0 Å². The van der Waals surface area contributed by atoms with E-state index < -0.39 is 16.0 Å². The van der Waals surface area contributed by atoms with Crippen LogP contribution >= 0.6 is 0 Å². The number of rotatable bonds is 5. The molecule has 0 aromatic carbocycles. The Hall–Kier alpha value is -3.25. The van der Waals surface area contributed by atoms with Crippen LogP contribution in [0.5, 0.6) is 0 Å². The molecule has 3 aromatic heterocycles. The summed E-state index contributed by atoms with van der Waals surface area (Å²) in [5, 5.41) is -0.336. The molecule has 4 rings (SSSR count). The van der Waals surface area contributed by atoms with Gasteiger partial charge < -0.3 is 14.1 Å². The number of furan rings is 1. The summed E-state index contributed by atoms with van der Waals surface area (Å²) in [7, 11) is -3.93. The zero-order chi connectivity index (χ0) is 21.3. The molecule has 1 amide bonds. The van der Waals surface area contributed by atoms with Gasteiger partial charge >= 0.3 is 5.97 Å². The first kappa shape index (κ1) is 20.0. The summed E-state index contributed by atoms with van der Waals surface area (Å²) in [5.74, 6) is -0.779. The van der Waals surface area contributed by atoms with Crippen LogP contribution in [0.15, 0.2) is 46.3 Å². The van der Waals surface area contributed by atoms with Crippen LogP contribution in [-0.2, 0) is 14.8 Å². The van der Waals surface area contributed by atoms with E-state index in [4.69, 9.17) is 9.15 Å². The van der Waals surface area contributed by atoms with Crippen molar-refractivity contribution in [2.45, 2.75) is 12.0 Å². The standard InChI is InChI=1S/C18H19N5O6S/c1-2-28-17(25)14-4-5-15(29-14)30(26,27)23-10-8-21(9-11-23)16(24)13-12-22-7-3-6-19-18(22)20-13/h3-7,12H,2,8-11H2,1H3. The number of esters is 1. The molecule has 0 aliphatic carbocycles. The monoisotopic (exact) mass is 433 g/mol. The van der Waals surface area contributed by atoms with Gasteiger partial charge in [0.1, 0.15) is 5.69 Å². The Morgan fingerprint density at radius 2 is 1.97 bits per heavy atom. The highest BCUT2D eigenvalue weighted by atomic mass is 32.2. The third kappa shape index (κ3) is 3.66. The smallest absolute Gasteiger partial charge is 0.374 e. The predicted molar refractivity (Wildman–Crippen MR) is 102 cm³/mol. The molecule has 30 heavy (non-hydrogen) atoms. The van der Waals surface area contributed by atoms with E-state index in [0.29, 0.717) is 5.78 Å². The molecule has 0 unspecified atom stereocenters. The van der Waals surface area contributed by atoms with Crippen LogP contribution in [-0.4, -0.2) is 76.7 Å². The van der Waals surface area contributed by atoms with E-state index in [1.165, 1.54) is 16.4 Å². The lowest BCUT2D eigenvalue weighted by molar-refractivity contribution is 0.0483. The van der Waals surface area contributed by atoms with Crippen molar-refractivity contribution >= 4 is 27.7 Å². The van der Waals surface area contributed by atoms with Crippen LogP contribution in [0.3, 0.4) is 0 Å². The first-order valence-electron chi connectivity index (χ1n) is 9.26. The SMILES string of the molecule is CCOC(=O)c1ccc(S(=O)(=O)N2CCN(C(=O)c3cn4cccnc4n3)CC2)o1. The number of aromatic nitrogens is 3. The van der Waals surface area contributed by atoms with Gasteiger partial charge in [0.2, 0.25) is 16.6 Å². The molecule has 0 saturated carbocycles. The van der Waals surface area contributed by atoms with Crippen molar-refractivity contribution in [2.24, 2.45) is 0 Å². The fourth-order valence-electron chi connectivity index (χ4n) is 3.12. The molecule has 158 valence electrons. The quantitative estimate of drug-likeness (QED) is 0.537. The number of hydrogen-bond donors (Lipinski definition) is 0. The molecular formula is C18H19N5O6S. The van der Waals surface area contributed by atoms with Crippen LogP contribution in [0.25, 0.3) is 5.78 Å². The first-order chi connectivity index (χ1) is 14.4. The number of fused-ring (bicyclic) bond motifs is 1. The van der Waals surface area contributed by atoms with Gasteiger partial charge in [0.15, 0.2) is 0 Å². The number of piperazine rings is 1. The number of carbonyl (C=O) groups is 2. The maximum absolute atomic E-state index is 12.8. The number of carbonyl (C=O) groups excluding carboxylic acids is 2. The number of sulfonamides is 1. The molecule has 3 aromatic rings. The maximum Gasteiger partial charge on any atom is 0.374 e. The first-order valence-corrected chi connectivity index (χ1v) is 10.7. The van der Waals surface area contributed by atoms with Gasteiger partial charge in [0.05, 0.1) is 6.61 Å². The second-order valence-corrected chi connectivity index (χ2v) is 8.36. The highest BCUT2D eigenvalue weighted by molar-refractivity contribution is 7.89. The molecule has 0 spiro atoms. The third-order valence-electron chi connectivity index (χ3n) is 4.63. The van der Waals surface area contributed by atoms with Crippen LogP contribution in [0, 0.1) is 0 Å². The molecule has 12 heteroatoms. The van der Waals surface area contributed by atoms with Crippen molar-refractivity contribution in [1.29, 1.82) is 0 Å². The number of nitrogens with zero attached hydrogens (tertiary/aromatic N) is 5. The van der Waals surface area contributed by atoms with E-state index in [1.54, 1.807) is 40.9 Å². The molecule has 1 aliphatic heterocycles. The normalized spacial score (nSPS) is 15.4. The largest absolute Gasteiger partial charge is 0.460 e. The van der Waals surface area contributed by atoms with Crippen LogP contribution in [0.4, 0.5) is 0 Å². The van der Waals surface area contributed by atoms with Crippen molar-refractivity contribution in [3.63, 3.8) is 0 Å². The minimum absolute atomic E-state index is 0.0924. The van der Waals surface area contributed by atoms with E-state index >= 15 is 0 Å². The maximum atomic E-state index is 12.8. The van der Waals surface area contributed by atoms with Crippen LogP contribution in [0.1, 0.15) is 28.0 Å². The summed E-state index contributed by atoms with van der Waals surface area (Å²) < 4.78 is 38.5. The lowest BCUT2D eigenvalue weighted by Gasteiger charge is -2.33. The molecule has 0 radical (unpaired) electrons. The lowest BCUT2D eigenvalue weighted by Crippen LogP contribution is -2.50. The van der Waals surface area contributed by atoms with E-state index in [-0.39, 0.29) is 55.2 Å². The van der Waals surface area contributed by atoms with Crippen molar-refractivity contribution in [3.05, 3.63) is 48.2 Å². The Labute approximate surface area is 171 Å². The molecule has 1 saturated heterocycles. The predicted octanol–water partition coefficient (Wildman–Crippen LogP) is 0.646. The fraction of sp³-hybridized carbons (Fsp3) is 0.333. The van der Waals surface area contributed by atoms with Crippen LogP contribution < -0.4 is 0 Å². The summed E-state index contributed by atoms with van der Waals surface area (Å²) in [6.07, 6.45) is 4.92. The molecule has 4 heterocycles. The van der Waals surface area contributed by atoms with E-state index in [1.807, 2.05) is 0 Å². The Morgan fingerprint density at radius 3 is 2.67 bits per heavy atom. The number of ether oxygens (including phenoxy) is 1. The Morgan fingerprint density at radius 1 is 1.20 bits per heavy atom. The molecular weight excluding hydrogens is 414 g/mol. The Kier molecular flexibility index (Phi) is 5.26. The number of imidazole rings is 1. The van der Waals surface area contributed by atoms with Gasteiger partial charge in [0, 0.05) is 44.8 Å². The van der Waals surface area contributed by atoms with Crippen molar-refractivity contribution in [2.75, 3.05) is 32.8 Å². The van der Waals surface area contributed by atoms with Crippen molar-refractivity contribution in [3.8, 4) is 0 Å². The highest BCUT2D eigenvalue weighted by Gasteiger charge is 2.33. The molecule has 11 nitrogen and oxygen atoms in total. The topological polar surface area (TPSA) is 127 Å². The van der Waals surface area contributed by atoms with Crippen LogP contribution in [0.2, 0.25) is 0 Å². The van der Waals surface area contributed by atoms with E-state index in [0.717, 1.165) is 0 Å². The van der Waals surface area contributed by atoms with Gasteiger partial charge in [0.25, 0.3) is 15.9 Å². The average Bonchev–Trinajstić information content (AvgIpc) is 3.41. The summed E-state index contributed by atoms with van der Waals surface area (Å²) >= 11 is 0. The minimum atomic E-state index is -3.93. The summed E-state index contributed by atoms with van der Waals surface area (Å²) in [6.45, 7) is 2.38. The second kappa shape index (κ2) is 7.88. The van der Waals surface area contributed by atoms with Gasteiger partial charge in [-0.3, -0.25) is 9.20 Å². The van der Waals surface area contributed by atoms with Gasteiger partial charge in [-0.1, -0.05) is 0 Å². The number of hydrogen-bond acceptors (Lipinski definition) is 8. The van der Waals surface area contributed by atoms with E-state index in [2.05, 4.69) is 9.97 Å². The highest BCUT2D eigenvalue weighted by Crippen LogP contribution is 2.21. The minimum Gasteiger partial charge on any atom is -0.460 e. The molecule has 1 aliphatic rings. The zero-order valence-corrected chi connectivity index (χ0v) is 16.9. The zero-order valence-electron chi connectivity index (χ0n) is 16.1. The second-order valence-electron chi connectivity index (χ2n) is 6.49. The Balaban J connectivity index is 1.43. The molecule has 0 atom stereocenters. The number of amides is 1.